The highest BCUT2D eigenvalue weighted by atomic mass is 32.2. The van der Waals surface area contributed by atoms with Crippen LogP contribution in [0.5, 0.6) is 0 Å². The molecule has 3 aromatic carbocycles. The molecule has 0 heterocycles. The van der Waals surface area contributed by atoms with Gasteiger partial charge in [0.25, 0.3) is 0 Å². The van der Waals surface area contributed by atoms with Crippen LogP contribution in [0, 0.1) is 24.7 Å². The molecule has 0 saturated heterocycles. The van der Waals surface area contributed by atoms with Crippen molar-refractivity contribution in [2.24, 2.45) is 5.92 Å². The summed E-state index contributed by atoms with van der Waals surface area (Å²) in [5.41, 5.74) is 0.0962. The summed E-state index contributed by atoms with van der Waals surface area (Å²) in [5.74, 6) is 5.06. The number of carbonyl (C=O) groups is 1. The second-order valence-corrected chi connectivity index (χ2v) is 14.7. The zero-order valence-corrected chi connectivity index (χ0v) is 25.4. The number of hydrogen-bond donors (Lipinski definition) is 0. The largest absolute Gasteiger partial charge is 0.439 e. The molecule has 7 nitrogen and oxygen atoms in total. The highest BCUT2D eigenvalue weighted by Crippen LogP contribution is 2.41. The first kappa shape index (κ1) is 31.2. The molecule has 1 unspecified atom stereocenters. The van der Waals surface area contributed by atoms with Crippen LogP contribution in [0.4, 0.5) is 0 Å². The number of sulfone groups is 1. The van der Waals surface area contributed by atoms with E-state index in [0.29, 0.717) is 24.0 Å². The van der Waals surface area contributed by atoms with E-state index in [4.69, 9.17) is 4.74 Å². The van der Waals surface area contributed by atoms with E-state index in [1.165, 1.54) is 22.5 Å². The third-order valence-corrected chi connectivity index (χ3v) is 9.92. The number of carbonyl (C=O) groups excluding carboxylic acids is 1. The Kier molecular flexibility index (Phi) is 9.72. The van der Waals surface area contributed by atoms with Gasteiger partial charge in [-0.15, -0.1) is 6.58 Å². The molecular formula is C33H35NO6S2. The summed E-state index contributed by atoms with van der Waals surface area (Å²) in [4.78, 5) is 13.5. The van der Waals surface area contributed by atoms with Crippen LogP contribution in [0.1, 0.15) is 36.0 Å². The van der Waals surface area contributed by atoms with Gasteiger partial charge in [0, 0.05) is 23.9 Å². The third kappa shape index (κ3) is 7.57. The van der Waals surface area contributed by atoms with Gasteiger partial charge < -0.3 is 4.74 Å². The average Bonchev–Trinajstić information content (AvgIpc) is 3.82. The Hall–Kier alpha value is -3.71. The minimum Gasteiger partial charge on any atom is -0.439 e. The fraction of sp³-hybridized carbons (Fsp3) is 0.303. The Morgan fingerprint density at radius 3 is 2.14 bits per heavy atom. The van der Waals surface area contributed by atoms with Crippen LogP contribution in [-0.4, -0.2) is 51.7 Å². The van der Waals surface area contributed by atoms with Crippen molar-refractivity contribution in [2.75, 3.05) is 18.6 Å². The van der Waals surface area contributed by atoms with E-state index < -0.39 is 37.5 Å². The molecule has 1 fully saturated rings. The predicted molar refractivity (Wildman–Crippen MR) is 164 cm³/mol. The number of esters is 1. The Bertz CT molecular complexity index is 1670. The normalized spacial score (nSPS) is 15.6. The standard InChI is InChI=1S/C33H35NO6S2/c1-4-24-34(42(38,39)30-19-15-26(2)16-20-30)31(22-25-41(3,36)37)33(29-13-9-6-10-14-29,40-32(35)28-17-18-28)23-21-27-11-7-5-8-12-27/h4-16,19-20,28,31H,1,17-18,22,24-25H2,2-3H3/t31-,33?/m0/s1. The summed E-state index contributed by atoms with van der Waals surface area (Å²) in [6.45, 7) is 5.47. The lowest BCUT2D eigenvalue weighted by Crippen LogP contribution is -2.55. The SMILES string of the molecule is C=CCN([C@@H](CCS(C)(=O)=O)C(C#Cc1ccccc1)(OC(=O)C1CC1)c1ccccc1)S(=O)(=O)c1ccc(C)cc1. The van der Waals surface area contributed by atoms with Gasteiger partial charge in [0.2, 0.25) is 15.6 Å². The van der Waals surface area contributed by atoms with Crippen molar-refractivity contribution >= 4 is 25.8 Å². The van der Waals surface area contributed by atoms with Crippen molar-refractivity contribution in [3.05, 3.63) is 114 Å². The Morgan fingerprint density at radius 2 is 1.60 bits per heavy atom. The molecule has 1 aliphatic rings. The van der Waals surface area contributed by atoms with Gasteiger partial charge in [-0.25, -0.2) is 16.8 Å². The lowest BCUT2D eigenvalue weighted by Gasteiger charge is -2.42. The molecule has 0 radical (unpaired) electrons. The molecule has 0 aliphatic heterocycles. The molecule has 0 aromatic heterocycles. The van der Waals surface area contributed by atoms with Crippen LogP contribution in [0.15, 0.2) is 102 Å². The lowest BCUT2D eigenvalue weighted by molar-refractivity contribution is -0.161. The second-order valence-electron chi connectivity index (χ2n) is 10.5. The fourth-order valence-corrected chi connectivity index (χ4v) is 6.97. The van der Waals surface area contributed by atoms with Gasteiger partial charge in [-0.05, 0) is 56.4 Å². The number of sulfonamides is 1. The molecule has 4 rings (SSSR count). The summed E-state index contributed by atoms with van der Waals surface area (Å²) in [6, 6.07) is 23.0. The number of hydrogen-bond acceptors (Lipinski definition) is 6. The summed E-state index contributed by atoms with van der Waals surface area (Å²) in [7, 11) is -7.81. The first-order valence-electron chi connectivity index (χ1n) is 13.7. The minimum absolute atomic E-state index is 0.0193. The van der Waals surface area contributed by atoms with Crippen LogP contribution >= 0.6 is 0 Å². The van der Waals surface area contributed by atoms with Gasteiger partial charge in [-0.2, -0.15) is 4.31 Å². The van der Waals surface area contributed by atoms with Crippen molar-refractivity contribution in [1.82, 2.24) is 4.31 Å². The number of ether oxygens (including phenoxy) is 1. The van der Waals surface area contributed by atoms with Crippen molar-refractivity contribution in [2.45, 2.75) is 42.7 Å². The average molecular weight is 606 g/mol. The number of aryl methyl sites for hydroxylation is 1. The molecular weight excluding hydrogens is 570 g/mol. The smallest absolute Gasteiger partial charge is 0.310 e. The van der Waals surface area contributed by atoms with Gasteiger partial charge in [-0.1, -0.05) is 78.2 Å². The van der Waals surface area contributed by atoms with E-state index in [0.717, 1.165) is 11.8 Å². The molecule has 0 amide bonds. The molecule has 1 saturated carbocycles. The number of benzene rings is 3. The summed E-state index contributed by atoms with van der Waals surface area (Å²) < 4.78 is 61.2. The van der Waals surface area contributed by atoms with Gasteiger partial charge in [-0.3, -0.25) is 4.79 Å². The first-order valence-corrected chi connectivity index (χ1v) is 17.2. The van der Waals surface area contributed by atoms with E-state index >= 15 is 0 Å². The zero-order valence-electron chi connectivity index (χ0n) is 23.8. The van der Waals surface area contributed by atoms with Gasteiger partial charge in [0.05, 0.1) is 22.6 Å². The predicted octanol–water partition coefficient (Wildman–Crippen LogP) is 4.88. The molecule has 9 heteroatoms. The summed E-state index contributed by atoms with van der Waals surface area (Å²) in [6.07, 6.45) is 3.65. The quantitative estimate of drug-likeness (QED) is 0.166. The Balaban J connectivity index is 2.02. The molecule has 0 bridgehead atoms. The molecule has 3 aromatic rings. The molecule has 0 spiro atoms. The van der Waals surface area contributed by atoms with Gasteiger partial charge in [0.15, 0.2) is 0 Å². The highest BCUT2D eigenvalue weighted by Gasteiger charge is 2.51. The maximum atomic E-state index is 14.3. The maximum absolute atomic E-state index is 14.3. The highest BCUT2D eigenvalue weighted by molar-refractivity contribution is 7.90. The summed E-state index contributed by atoms with van der Waals surface area (Å²) in [5, 5.41) is 0. The number of nitrogens with zero attached hydrogens (tertiary/aromatic N) is 1. The van der Waals surface area contributed by atoms with E-state index in [9.17, 15) is 21.6 Å². The van der Waals surface area contributed by atoms with Crippen molar-refractivity contribution < 1.29 is 26.4 Å². The molecule has 1 aliphatic carbocycles. The van der Waals surface area contributed by atoms with Crippen LogP contribution in [0.2, 0.25) is 0 Å². The number of rotatable bonds is 12. The Labute approximate surface area is 249 Å². The maximum Gasteiger partial charge on any atom is 0.310 e. The zero-order chi connectivity index (χ0) is 30.4. The Morgan fingerprint density at radius 1 is 1.00 bits per heavy atom. The van der Waals surface area contributed by atoms with Crippen molar-refractivity contribution in [3.8, 4) is 11.8 Å². The third-order valence-electron chi connectivity index (χ3n) is 7.06. The van der Waals surface area contributed by atoms with E-state index in [-0.39, 0.29) is 29.5 Å². The first-order chi connectivity index (χ1) is 20.0. The fourth-order valence-electron chi connectivity index (χ4n) is 4.68. The van der Waals surface area contributed by atoms with Crippen LogP contribution < -0.4 is 0 Å². The molecule has 42 heavy (non-hydrogen) atoms. The van der Waals surface area contributed by atoms with Gasteiger partial charge in [0.1, 0.15) is 9.84 Å². The van der Waals surface area contributed by atoms with Gasteiger partial charge >= 0.3 is 5.97 Å². The molecule has 0 N–H and O–H groups in total. The molecule has 220 valence electrons. The van der Waals surface area contributed by atoms with Crippen molar-refractivity contribution in [3.63, 3.8) is 0 Å². The minimum atomic E-state index is -4.25. The van der Waals surface area contributed by atoms with Crippen molar-refractivity contribution in [1.29, 1.82) is 0 Å². The van der Waals surface area contributed by atoms with E-state index in [1.54, 1.807) is 54.6 Å². The molecule has 2 atom stereocenters. The van der Waals surface area contributed by atoms with E-state index in [2.05, 4.69) is 18.4 Å². The lowest BCUT2D eigenvalue weighted by atomic mass is 9.84. The van der Waals surface area contributed by atoms with E-state index in [1.807, 2.05) is 25.1 Å². The van der Waals surface area contributed by atoms with Crippen LogP contribution in [0.3, 0.4) is 0 Å². The monoisotopic (exact) mass is 605 g/mol. The summed E-state index contributed by atoms with van der Waals surface area (Å²) >= 11 is 0. The topological polar surface area (TPSA) is 97.8 Å². The second kappa shape index (κ2) is 13.1. The van der Waals surface area contributed by atoms with Crippen LogP contribution in [0.25, 0.3) is 0 Å². The van der Waals surface area contributed by atoms with Crippen LogP contribution in [-0.2, 0) is 35.0 Å².